The molecule has 2 heterocycles. The zero-order valence-electron chi connectivity index (χ0n) is 18.7. The minimum atomic E-state index is -3.72. The molecule has 8 heteroatoms. The lowest BCUT2D eigenvalue weighted by Gasteiger charge is -2.57. The summed E-state index contributed by atoms with van der Waals surface area (Å²) in [5.41, 5.74) is 0.0698. The van der Waals surface area contributed by atoms with E-state index in [1.54, 1.807) is 35.7 Å². The second kappa shape index (κ2) is 6.10. The minimum absolute atomic E-state index is 0.0714. The van der Waals surface area contributed by atoms with Crippen molar-refractivity contribution in [1.82, 2.24) is 9.62 Å². The van der Waals surface area contributed by atoms with Gasteiger partial charge in [0.1, 0.15) is 6.10 Å². The number of nitrogens with zero attached hydrogens (tertiary/aromatic N) is 1. The van der Waals surface area contributed by atoms with Crippen molar-refractivity contribution in [2.24, 2.45) is 5.41 Å². The fraction of sp³-hybridized carbons (Fsp3) is 0.520. The molecule has 6 atom stereocenters. The first kappa shape index (κ1) is 20.3. The molecule has 3 fully saturated rings. The number of methoxy groups -OCH3 is 1. The van der Waals surface area contributed by atoms with Gasteiger partial charge in [-0.2, -0.15) is 4.31 Å². The second-order valence-electron chi connectivity index (χ2n) is 10.5. The van der Waals surface area contributed by atoms with Crippen molar-refractivity contribution in [3.05, 3.63) is 53.6 Å². The number of fused-ring (bicyclic) bond motifs is 1. The van der Waals surface area contributed by atoms with Gasteiger partial charge in [-0.1, -0.05) is 24.3 Å². The van der Waals surface area contributed by atoms with Crippen LogP contribution in [0.1, 0.15) is 30.4 Å². The molecule has 3 aliphatic carbocycles. The molecule has 2 N–H and O–H groups in total. The number of sulfonamides is 1. The van der Waals surface area contributed by atoms with Gasteiger partial charge >= 0.3 is 0 Å². The predicted octanol–water partition coefficient (Wildman–Crippen LogP) is 1.83. The third-order valence-corrected chi connectivity index (χ3v) is 11.1. The third-order valence-electron chi connectivity index (χ3n) is 9.26. The van der Waals surface area contributed by atoms with E-state index in [2.05, 4.69) is 11.4 Å². The Bertz CT molecular complexity index is 1280. The molecule has 2 unspecified atom stereocenters. The maximum absolute atomic E-state index is 13.7. The first-order valence-corrected chi connectivity index (χ1v) is 13.1. The van der Waals surface area contributed by atoms with Gasteiger partial charge in [0.2, 0.25) is 10.0 Å². The molecule has 0 amide bonds. The van der Waals surface area contributed by atoms with E-state index in [9.17, 15) is 13.5 Å². The number of nitrogens with one attached hydrogen (secondary N) is 1. The molecule has 5 aliphatic rings. The number of hydrogen-bond acceptors (Lipinski definition) is 6. The molecule has 2 aliphatic heterocycles. The zero-order chi connectivity index (χ0) is 22.8. The van der Waals surface area contributed by atoms with Crippen LogP contribution in [-0.2, 0) is 21.9 Å². The van der Waals surface area contributed by atoms with E-state index >= 15 is 0 Å². The molecule has 2 spiro atoms. The minimum Gasteiger partial charge on any atom is -0.493 e. The van der Waals surface area contributed by atoms with E-state index in [1.165, 1.54) is 0 Å². The average Bonchev–Trinajstić information content (AvgIpc) is 3.22. The Balaban J connectivity index is 1.44. The normalized spacial score (nSPS) is 39.9. The molecule has 2 aromatic rings. The number of hydrogen-bond donors (Lipinski definition) is 2. The Kier molecular flexibility index (Phi) is 3.75. The standard InChI is InChI=1S/C25H28N2O5S/c1-26-17-10-11-25(28)22-23(14-27(22)33(29,30)16-6-4-3-5-7-16)12-15-8-9-18(31-2)20-19(15)24(25,13-23)21(17)32-20/h3-9,17,21-22,26,28H,10-14H2,1-2H3/t17-,21+,22-,23?,24?,25-/m1/s1. The smallest absolute Gasteiger partial charge is 0.243 e. The third kappa shape index (κ3) is 2.07. The van der Waals surface area contributed by atoms with Gasteiger partial charge in [-0.05, 0) is 56.5 Å². The summed E-state index contributed by atoms with van der Waals surface area (Å²) in [5, 5.41) is 16.0. The maximum atomic E-state index is 13.7. The topological polar surface area (TPSA) is 88.1 Å². The van der Waals surface area contributed by atoms with Gasteiger partial charge in [0, 0.05) is 23.6 Å². The highest BCUT2D eigenvalue weighted by atomic mass is 32.2. The Morgan fingerprint density at radius 2 is 2.00 bits per heavy atom. The van der Waals surface area contributed by atoms with Crippen molar-refractivity contribution in [3.63, 3.8) is 0 Å². The first-order valence-electron chi connectivity index (χ1n) is 11.7. The second-order valence-corrected chi connectivity index (χ2v) is 12.4. The summed E-state index contributed by atoms with van der Waals surface area (Å²) in [6.45, 7) is 0.427. The van der Waals surface area contributed by atoms with Crippen molar-refractivity contribution < 1.29 is 23.0 Å². The van der Waals surface area contributed by atoms with Crippen LogP contribution in [0, 0.1) is 5.41 Å². The number of aliphatic hydroxyl groups is 1. The number of ether oxygens (including phenoxy) is 2. The molecule has 7 nitrogen and oxygen atoms in total. The van der Waals surface area contributed by atoms with E-state index in [1.807, 2.05) is 19.2 Å². The number of rotatable bonds is 4. The van der Waals surface area contributed by atoms with Crippen LogP contribution in [0.15, 0.2) is 47.4 Å². The van der Waals surface area contributed by atoms with E-state index in [0.717, 1.165) is 36.1 Å². The fourth-order valence-electron chi connectivity index (χ4n) is 8.22. The van der Waals surface area contributed by atoms with E-state index < -0.39 is 27.1 Å². The lowest BCUT2D eigenvalue weighted by molar-refractivity contribution is -0.142. The van der Waals surface area contributed by atoms with Crippen LogP contribution in [0.5, 0.6) is 11.5 Å². The van der Waals surface area contributed by atoms with Crippen LogP contribution >= 0.6 is 0 Å². The molecule has 33 heavy (non-hydrogen) atoms. The predicted molar refractivity (Wildman–Crippen MR) is 121 cm³/mol. The Morgan fingerprint density at radius 1 is 1.21 bits per heavy atom. The molecule has 2 saturated carbocycles. The lowest BCUT2D eigenvalue weighted by Crippen LogP contribution is -2.73. The molecular formula is C25H28N2O5S. The van der Waals surface area contributed by atoms with Gasteiger partial charge < -0.3 is 19.9 Å². The van der Waals surface area contributed by atoms with E-state index in [4.69, 9.17) is 9.47 Å². The van der Waals surface area contributed by atoms with Crippen LogP contribution in [-0.4, -0.2) is 62.3 Å². The molecular weight excluding hydrogens is 440 g/mol. The van der Waals surface area contributed by atoms with Crippen molar-refractivity contribution in [2.75, 3.05) is 20.7 Å². The Morgan fingerprint density at radius 3 is 2.73 bits per heavy atom. The van der Waals surface area contributed by atoms with Crippen LogP contribution in [0.4, 0.5) is 0 Å². The molecule has 0 aromatic heterocycles. The number of benzene rings is 2. The highest BCUT2D eigenvalue weighted by Crippen LogP contribution is 2.75. The molecule has 7 rings (SSSR count). The lowest BCUT2D eigenvalue weighted by atomic mass is 9.57. The summed E-state index contributed by atoms with van der Waals surface area (Å²) in [5.74, 6) is 1.41. The van der Waals surface area contributed by atoms with Crippen molar-refractivity contribution in [2.45, 2.75) is 59.8 Å². The number of likely N-dealkylation sites (N-methyl/N-ethyl adjacent to an activating group) is 1. The van der Waals surface area contributed by atoms with Crippen LogP contribution < -0.4 is 14.8 Å². The van der Waals surface area contributed by atoms with Crippen LogP contribution in [0.25, 0.3) is 0 Å². The van der Waals surface area contributed by atoms with Crippen LogP contribution in [0.3, 0.4) is 0 Å². The zero-order valence-corrected chi connectivity index (χ0v) is 19.6. The summed E-state index contributed by atoms with van der Waals surface area (Å²) < 4.78 is 41.2. The SMILES string of the molecule is CN[C@@H]1CC[C@@]2(O)[C@@H]3N(S(=O)(=O)c4ccccc4)CC34Cc3ccc(OC)c5c3C2(C4)[C@H]1O5. The molecule has 2 aromatic carbocycles. The Labute approximate surface area is 193 Å². The highest BCUT2D eigenvalue weighted by molar-refractivity contribution is 7.89. The summed E-state index contributed by atoms with van der Waals surface area (Å²) in [6.07, 6.45) is 2.46. The van der Waals surface area contributed by atoms with Crippen LogP contribution in [0.2, 0.25) is 0 Å². The summed E-state index contributed by atoms with van der Waals surface area (Å²) >= 11 is 0. The summed E-state index contributed by atoms with van der Waals surface area (Å²) in [4.78, 5) is 0.283. The van der Waals surface area contributed by atoms with E-state index in [-0.39, 0.29) is 22.5 Å². The van der Waals surface area contributed by atoms with E-state index in [0.29, 0.717) is 18.7 Å². The molecule has 0 radical (unpaired) electrons. The maximum Gasteiger partial charge on any atom is 0.243 e. The molecule has 2 bridgehead atoms. The van der Waals surface area contributed by atoms with Gasteiger partial charge in [-0.3, -0.25) is 0 Å². The summed E-state index contributed by atoms with van der Waals surface area (Å²) in [6, 6.07) is 12.2. The highest BCUT2D eigenvalue weighted by Gasteiger charge is 2.84. The van der Waals surface area contributed by atoms with Gasteiger partial charge in [0.05, 0.1) is 29.1 Å². The van der Waals surface area contributed by atoms with Crippen molar-refractivity contribution in [3.8, 4) is 11.5 Å². The largest absolute Gasteiger partial charge is 0.493 e. The first-order chi connectivity index (χ1) is 15.8. The van der Waals surface area contributed by atoms with Gasteiger partial charge in [-0.25, -0.2) is 8.42 Å². The average molecular weight is 469 g/mol. The molecule has 1 saturated heterocycles. The van der Waals surface area contributed by atoms with Gasteiger partial charge in [0.15, 0.2) is 11.5 Å². The van der Waals surface area contributed by atoms with Crippen molar-refractivity contribution >= 4 is 10.0 Å². The van der Waals surface area contributed by atoms with Gasteiger partial charge in [0.25, 0.3) is 0 Å². The Hall–Kier alpha value is -2.13. The van der Waals surface area contributed by atoms with Gasteiger partial charge in [-0.15, -0.1) is 0 Å². The molecule has 174 valence electrons. The quantitative estimate of drug-likeness (QED) is 0.712. The fourth-order valence-corrected chi connectivity index (χ4v) is 10.1. The monoisotopic (exact) mass is 468 g/mol. The van der Waals surface area contributed by atoms with Crippen molar-refractivity contribution in [1.29, 1.82) is 0 Å². The summed E-state index contributed by atoms with van der Waals surface area (Å²) in [7, 11) is -0.146.